The number of amides is 2. The van der Waals surface area contributed by atoms with E-state index >= 15 is 0 Å². The molecule has 2 aromatic heterocycles. The SMILES string of the molecule is CC(=O)Nc1ccc2nc(NC(=O)c3ccc(Br)o3)sc2c1. The number of nitrogens with one attached hydrogen (secondary N) is 2. The van der Waals surface area contributed by atoms with Gasteiger partial charge in [0.05, 0.1) is 10.2 Å². The molecule has 0 spiro atoms. The number of furan rings is 1. The molecule has 2 amide bonds. The number of anilines is 2. The van der Waals surface area contributed by atoms with Gasteiger partial charge in [-0.15, -0.1) is 0 Å². The Labute approximate surface area is 137 Å². The zero-order valence-corrected chi connectivity index (χ0v) is 13.7. The first-order chi connectivity index (χ1) is 10.5. The van der Waals surface area contributed by atoms with Crippen molar-refractivity contribution in [3.05, 3.63) is 40.8 Å². The van der Waals surface area contributed by atoms with E-state index in [-0.39, 0.29) is 17.6 Å². The summed E-state index contributed by atoms with van der Waals surface area (Å²) < 4.78 is 6.54. The molecule has 0 bridgehead atoms. The van der Waals surface area contributed by atoms with Crippen molar-refractivity contribution in [3.8, 4) is 0 Å². The molecule has 2 heterocycles. The molecule has 22 heavy (non-hydrogen) atoms. The molecular weight excluding hydrogens is 370 g/mol. The lowest BCUT2D eigenvalue weighted by Gasteiger charge is -1.99. The van der Waals surface area contributed by atoms with Crippen molar-refractivity contribution in [1.82, 2.24) is 4.98 Å². The second kappa shape index (κ2) is 5.90. The summed E-state index contributed by atoms with van der Waals surface area (Å²) in [7, 11) is 0. The fourth-order valence-corrected chi connectivity index (χ4v) is 3.06. The number of rotatable bonds is 3. The van der Waals surface area contributed by atoms with E-state index in [0.29, 0.717) is 15.5 Å². The molecule has 3 rings (SSSR count). The third-order valence-electron chi connectivity index (χ3n) is 2.73. The van der Waals surface area contributed by atoms with Gasteiger partial charge in [0.1, 0.15) is 0 Å². The summed E-state index contributed by atoms with van der Waals surface area (Å²) in [6, 6.07) is 8.58. The van der Waals surface area contributed by atoms with E-state index in [1.54, 1.807) is 24.3 Å². The molecule has 0 atom stereocenters. The molecule has 8 heteroatoms. The normalized spacial score (nSPS) is 10.6. The quantitative estimate of drug-likeness (QED) is 0.723. The van der Waals surface area contributed by atoms with Crippen molar-refractivity contribution in [2.24, 2.45) is 0 Å². The topological polar surface area (TPSA) is 84.2 Å². The van der Waals surface area contributed by atoms with Crippen molar-refractivity contribution in [3.63, 3.8) is 0 Å². The molecule has 2 N–H and O–H groups in total. The standard InChI is InChI=1S/C14H10BrN3O3S/c1-7(19)16-8-2-3-9-11(6-8)22-14(17-9)18-13(20)10-4-5-12(15)21-10/h2-6H,1H3,(H,16,19)(H,17,18,20). The molecule has 0 aliphatic rings. The molecule has 6 nitrogen and oxygen atoms in total. The van der Waals surface area contributed by atoms with E-state index in [9.17, 15) is 9.59 Å². The summed E-state index contributed by atoms with van der Waals surface area (Å²) in [6.07, 6.45) is 0. The van der Waals surface area contributed by atoms with Gasteiger partial charge in [0, 0.05) is 12.6 Å². The number of fused-ring (bicyclic) bond motifs is 1. The molecule has 3 aromatic rings. The molecule has 112 valence electrons. The molecule has 0 saturated carbocycles. The molecule has 0 aliphatic heterocycles. The minimum atomic E-state index is -0.369. The third kappa shape index (κ3) is 3.18. The van der Waals surface area contributed by atoms with Crippen LogP contribution in [0.15, 0.2) is 39.4 Å². The Morgan fingerprint density at radius 1 is 1.23 bits per heavy atom. The maximum atomic E-state index is 12.0. The van der Waals surface area contributed by atoms with Gasteiger partial charge in [-0.05, 0) is 46.3 Å². The Morgan fingerprint density at radius 2 is 2.05 bits per heavy atom. The first-order valence-corrected chi connectivity index (χ1v) is 7.87. The highest BCUT2D eigenvalue weighted by Crippen LogP contribution is 2.29. The largest absolute Gasteiger partial charge is 0.444 e. The summed E-state index contributed by atoms with van der Waals surface area (Å²) in [5.74, 6) is -0.308. The number of hydrogen-bond acceptors (Lipinski definition) is 5. The third-order valence-corrected chi connectivity index (χ3v) is 4.09. The van der Waals surface area contributed by atoms with Gasteiger partial charge in [-0.1, -0.05) is 11.3 Å². The molecule has 0 aliphatic carbocycles. The number of halogens is 1. The average molecular weight is 380 g/mol. The van der Waals surface area contributed by atoms with Gasteiger partial charge in [0.2, 0.25) is 5.91 Å². The number of carbonyl (C=O) groups is 2. The second-order valence-electron chi connectivity index (χ2n) is 4.44. The van der Waals surface area contributed by atoms with Gasteiger partial charge in [-0.3, -0.25) is 14.9 Å². The lowest BCUT2D eigenvalue weighted by Crippen LogP contribution is -2.10. The van der Waals surface area contributed by atoms with Crippen LogP contribution >= 0.6 is 27.3 Å². The fourth-order valence-electron chi connectivity index (χ4n) is 1.85. The van der Waals surface area contributed by atoms with Gasteiger partial charge < -0.3 is 9.73 Å². The minimum absolute atomic E-state index is 0.138. The van der Waals surface area contributed by atoms with Crippen LogP contribution in [0.5, 0.6) is 0 Å². The number of nitrogens with zero attached hydrogens (tertiary/aromatic N) is 1. The van der Waals surface area contributed by atoms with E-state index in [1.807, 2.05) is 6.07 Å². The molecule has 0 fully saturated rings. The summed E-state index contributed by atoms with van der Waals surface area (Å²) in [4.78, 5) is 27.4. The first kappa shape index (κ1) is 14.7. The Hall–Kier alpha value is -2.19. The van der Waals surface area contributed by atoms with Crippen LogP contribution in [0.25, 0.3) is 10.2 Å². The molecule has 0 saturated heterocycles. The Morgan fingerprint density at radius 3 is 2.73 bits per heavy atom. The van der Waals surface area contributed by atoms with Crippen LogP contribution in [0.3, 0.4) is 0 Å². The van der Waals surface area contributed by atoms with E-state index in [2.05, 4.69) is 31.5 Å². The highest BCUT2D eigenvalue weighted by molar-refractivity contribution is 9.10. The Kier molecular flexibility index (Phi) is 3.95. The van der Waals surface area contributed by atoms with E-state index in [0.717, 1.165) is 10.2 Å². The van der Waals surface area contributed by atoms with Crippen molar-refractivity contribution in [2.75, 3.05) is 10.6 Å². The number of benzene rings is 1. The van der Waals surface area contributed by atoms with Crippen LogP contribution in [0, 0.1) is 0 Å². The number of carbonyl (C=O) groups excluding carboxylic acids is 2. The van der Waals surface area contributed by atoms with E-state index in [4.69, 9.17) is 4.42 Å². The van der Waals surface area contributed by atoms with Gasteiger partial charge in [0.25, 0.3) is 5.91 Å². The van der Waals surface area contributed by atoms with E-state index < -0.39 is 0 Å². The van der Waals surface area contributed by atoms with Crippen LogP contribution < -0.4 is 10.6 Å². The second-order valence-corrected chi connectivity index (χ2v) is 6.25. The Balaban J connectivity index is 1.82. The predicted molar refractivity (Wildman–Crippen MR) is 88.3 cm³/mol. The van der Waals surface area contributed by atoms with Crippen LogP contribution in [0.4, 0.5) is 10.8 Å². The van der Waals surface area contributed by atoms with Gasteiger partial charge in [0.15, 0.2) is 15.6 Å². The Bertz CT molecular complexity index is 871. The summed E-state index contributed by atoms with van der Waals surface area (Å²) in [5.41, 5.74) is 1.44. The van der Waals surface area contributed by atoms with Crippen LogP contribution in [0.2, 0.25) is 0 Å². The maximum absolute atomic E-state index is 12.0. The molecule has 1 aromatic carbocycles. The number of aromatic nitrogens is 1. The van der Waals surface area contributed by atoms with Crippen LogP contribution in [-0.2, 0) is 4.79 Å². The number of hydrogen-bond donors (Lipinski definition) is 2. The number of thiazole rings is 1. The fraction of sp³-hybridized carbons (Fsp3) is 0.0714. The lowest BCUT2D eigenvalue weighted by molar-refractivity contribution is -0.114. The van der Waals surface area contributed by atoms with Crippen molar-refractivity contribution in [2.45, 2.75) is 6.92 Å². The minimum Gasteiger partial charge on any atom is -0.444 e. The van der Waals surface area contributed by atoms with Gasteiger partial charge >= 0.3 is 0 Å². The van der Waals surface area contributed by atoms with Crippen molar-refractivity contribution < 1.29 is 14.0 Å². The van der Waals surface area contributed by atoms with Gasteiger partial charge in [-0.25, -0.2) is 4.98 Å². The summed E-state index contributed by atoms with van der Waals surface area (Å²) >= 11 is 4.47. The highest BCUT2D eigenvalue weighted by Gasteiger charge is 2.13. The predicted octanol–water partition coefficient (Wildman–Crippen LogP) is 3.86. The highest BCUT2D eigenvalue weighted by atomic mass is 79.9. The summed E-state index contributed by atoms with van der Waals surface area (Å²) in [5, 5.41) is 5.86. The summed E-state index contributed by atoms with van der Waals surface area (Å²) in [6.45, 7) is 1.45. The van der Waals surface area contributed by atoms with Crippen molar-refractivity contribution in [1.29, 1.82) is 0 Å². The smallest absolute Gasteiger partial charge is 0.293 e. The molecule has 0 radical (unpaired) electrons. The van der Waals surface area contributed by atoms with E-state index in [1.165, 1.54) is 18.3 Å². The maximum Gasteiger partial charge on any atom is 0.293 e. The van der Waals surface area contributed by atoms with Crippen LogP contribution in [0.1, 0.15) is 17.5 Å². The molecule has 0 unspecified atom stereocenters. The molecular formula is C14H10BrN3O3S. The average Bonchev–Trinajstić information content (AvgIpc) is 3.03. The zero-order chi connectivity index (χ0) is 15.7. The zero-order valence-electron chi connectivity index (χ0n) is 11.3. The van der Waals surface area contributed by atoms with Gasteiger partial charge in [-0.2, -0.15) is 0 Å². The van der Waals surface area contributed by atoms with Crippen LogP contribution in [-0.4, -0.2) is 16.8 Å². The lowest BCUT2D eigenvalue weighted by atomic mass is 10.3. The monoisotopic (exact) mass is 379 g/mol. The van der Waals surface area contributed by atoms with Crippen molar-refractivity contribution >= 4 is 60.1 Å². The first-order valence-electron chi connectivity index (χ1n) is 6.26.